The number of rotatable bonds is 11. The van der Waals surface area contributed by atoms with E-state index in [2.05, 4.69) is 6.92 Å². The first kappa shape index (κ1) is 20.5. The SMILES string of the molecule is CCCCCCCCCCC(=O)N(c1ccc(N)cc1)S(C)(=O)=O. The van der Waals surface area contributed by atoms with Crippen LogP contribution in [0.5, 0.6) is 0 Å². The van der Waals surface area contributed by atoms with Gasteiger partial charge in [-0.15, -0.1) is 0 Å². The maximum atomic E-state index is 12.4. The molecular formula is C18H30N2O3S. The Balaban J connectivity index is 2.48. The maximum Gasteiger partial charge on any atom is 0.240 e. The van der Waals surface area contributed by atoms with Gasteiger partial charge in [0, 0.05) is 12.1 Å². The molecule has 136 valence electrons. The molecule has 6 heteroatoms. The minimum absolute atomic E-state index is 0.242. The topological polar surface area (TPSA) is 80.5 Å². The first-order chi connectivity index (χ1) is 11.4. The van der Waals surface area contributed by atoms with Gasteiger partial charge in [-0.25, -0.2) is 12.7 Å². The Hall–Kier alpha value is -1.56. The zero-order chi connectivity index (χ0) is 18.0. The van der Waals surface area contributed by atoms with Gasteiger partial charge in [-0.3, -0.25) is 4.79 Å². The lowest BCUT2D eigenvalue weighted by atomic mass is 10.1. The summed E-state index contributed by atoms with van der Waals surface area (Å²) in [6.45, 7) is 2.19. The summed E-state index contributed by atoms with van der Waals surface area (Å²) >= 11 is 0. The van der Waals surface area contributed by atoms with E-state index in [0.717, 1.165) is 23.4 Å². The van der Waals surface area contributed by atoms with Crippen molar-refractivity contribution in [1.29, 1.82) is 0 Å². The number of sulfonamides is 1. The van der Waals surface area contributed by atoms with Gasteiger partial charge in [0.2, 0.25) is 15.9 Å². The predicted octanol–water partition coefficient (Wildman–Crippen LogP) is 4.09. The van der Waals surface area contributed by atoms with Crippen LogP contribution < -0.4 is 10.0 Å². The Bertz CT molecular complexity index is 597. The van der Waals surface area contributed by atoms with Crippen LogP contribution in [0.1, 0.15) is 64.7 Å². The minimum Gasteiger partial charge on any atom is -0.399 e. The quantitative estimate of drug-likeness (QED) is 0.479. The standard InChI is InChI=1S/C18H30N2O3S/c1-3-4-5-6-7-8-9-10-11-18(21)20(24(2,22)23)17-14-12-16(19)13-15-17/h12-15H,3-11,19H2,1-2H3. The van der Waals surface area contributed by atoms with Crippen molar-refractivity contribution in [2.24, 2.45) is 0 Å². The van der Waals surface area contributed by atoms with Crippen LogP contribution in [-0.4, -0.2) is 20.6 Å². The van der Waals surface area contributed by atoms with E-state index in [9.17, 15) is 13.2 Å². The van der Waals surface area contributed by atoms with Crippen LogP contribution in [0.15, 0.2) is 24.3 Å². The number of hydrogen-bond acceptors (Lipinski definition) is 4. The number of anilines is 2. The Kier molecular flexibility index (Phi) is 8.82. The summed E-state index contributed by atoms with van der Waals surface area (Å²) in [4.78, 5) is 12.4. The van der Waals surface area contributed by atoms with Crippen LogP contribution >= 0.6 is 0 Å². The fourth-order valence-electron chi connectivity index (χ4n) is 2.64. The van der Waals surface area contributed by atoms with Gasteiger partial charge in [0.15, 0.2) is 0 Å². The molecule has 0 unspecified atom stereocenters. The summed E-state index contributed by atoms with van der Waals surface area (Å²) in [5, 5.41) is 0. The van der Waals surface area contributed by atoms with E-state index in [1.165, 1.54) is 32.1 Å². The molecule has 0 bridgehead atoms. The molecule has 0 fully saturated rings. The van der Waals surface area contributed by atoms with Crippen molar-refractivity contribution in [2.45, 2.75) is 64.7 Å². The van der Waals surface area contributed by atoms with Crippen LogP contribution in [0, 0.1) is 0 Å². The first-order valence-corrected chi connectivity index (χ1v) is 10.6. The van der Waals surface area contributed by atoms with Crippen LogP contribution in [0.4, 0.5) is 11.4 Å². The number of carbonyl (C=O) groups excluding carboxylic acids is 1. The number of amides is 1. The number of nitrogens with zero attached hydrogens (tertiary/aromatic N) is 1. The second-order valence-corrected chi connectivity index (χ2v) is 8.07. The number of nitrogen functional groups attached to an aromatic ring is 1. The molecular weight excluding hydrogens is 324 g/mol. The molecule has 24 heavy (non-hydrogen) atoms. The fourth-order valence-corrected chi connectivity index (χ4v) is 3.61. The van der Waals surface area contributed by atoms with Gasteiger partial charge in [0.1, 0.15) is 0 Å². The number of benzene rings is 1. The Morgan fingerprint density at radius 3 is 1.96 bits per heavy atom. The van der Waals surface area contributed by atoms with E-state index in [1.807, 2.05) is 0 Å². The molecule has 0 radical (unpaired) electrons. The van der Waals surface area contributed by atoms with Gasteiger partial charge in [0.25, 0.3) is 0 Å². The molecule has 1 amide bonds. The average molecular weight is 355 g/mol. The van der Waals surface area contributed by atoms with Crippen molar-refractivity contribution in [1.82, 2.24) is 0 Å². The largest absolute Gasteiger partial charge is 0.399 e. The zero-order valence-corrected chi connectivity index (χ0v) is 15.6. The van der Waals surface area contributed by atoms with Gasteiger partial charge in [-0.05, 0) is 30.7 Å². The normalized spacial score (nSPS) is 11.4. The van der Waals surface area contributed by atoms with E-state index in [0.29, 0.717) is 17.8 Å². The highest BCUT2D eigenvalue weighted by Crippen LogP contribution is 2.21. The molecule has 1 aromatic carbocycles. The fraction of sp³-hybridized carbons (Fsp3) is 0.611. The summed E-state index contributed by atoms with van der Waals surface area (Å²) in [7, 11) is -3.64. The van der Waals surface area contributed by atoms with Crippen molar-refractivity contribution in [3.63, 3.8) is 0 Å². The smallest absolute Gasteiger partial charge is 0.240 e. The molecule has 0 aliphatic heterocycles. The summed E-state index contributed by atoms with van der Waals surface area (Å²) < 4.78 is 24.8. The highest BCUT2D eigenvalue weighted by molar-refractivity contribution is 7.92. The Morgan fingerprint density at radius 2 is 1.46 bits per heavy atom. The van der Waals surface area contributed by atoms with Gasteiger partial charge < -0.3 is 5.73 Å². The molecule has 0 aliphatic carbocycles. The second-order valence-electron chi connectivity index (χ2n) is 6.24. The molecule has 0 aromatic heterocycles. The van der Waals surface area contributed by atoms with E-state index in [4.69, 9.17) is 5.73 Å². The van der Waals surface area contributed by atoms with Crippen molar-refractivity contribution in [2.75, 3.05) is 16.3 Å². The highest BCUT2D eigenvalue weighted by Gasteiger charge is 2.24. The molecule has 0 saturated carbocycles. The number of unbranched alkanes of at least 4 members (excludes halogenated alkanes) is 7. The first-order valence-electron chi connectivity index (χ1n) is 8.75. The predicted molar refractivity (Wildman–Crippen MR) is 100 cm³/mol. The van der Waals surface area contributed by atoms with Crippen molar-refractivity contribution in [3.8, 4) is 0 Å². The molecule has 5 nitrogen and oxygen atoms in total. The Labute approximate surface area is 146 Å². The summed E-state index contributed by atoms with van der Waals surface area (Å²) in [6, 6.07) is 6.30. The second kappa shape index (κ2) is 10.3. The summed E-state index contributed by atoms with van der Waals surface area (Å²) in [6.07, 6.45) is 10.3. The summed E-state index contributed by atoms with van der Waals surface area (Å²) in [5.74, 6) is -0.381. The van der Waals surface area contributed by atoms with Crippen molar-refractivity contribution in [3.05, 3.63) is 24.3 Å². The highest BCUT2D eigenvalue weighted by atomic mass is 32.2. The number of carbonyl (C=O) groups is 1. The van der Waals surface area contributed by atoms with Crippen LogP contribution in [0.25, 0.3) is 0 Å². The van der Waals surface area contributed by atoms with Crippen molar-refractivity contribution < 1.29 is 13.2 Å². The molecule has 0 heterocycles. The van der Waals surface area contributed by atoms with Gasteiger partial charge in [-0.2, -0.15) is 0 Å². The lowest BCUT2D eigenvalue weighted by Gasteiger charge is -2.20. The third-order valence-corrected chi connectivity index (χ3v) is 5.01. The third-order valence-electron chi connectivity index (χ3n) is 3.93. The number of hydrogen-bond donors (Lipinski definition) is 1. The zero-order valence-electron chi connectivity index (χ0n) is 14.8. The molecule has 1 aromatic rings. The van der Waals surface area contributed by atoms with Crippen LogP contribution in [0.3, 0.4) is 0 Å². The monoisotopic (exact) mass is 354 g/mol. The van der Waals surface area contributed by atoms with E-state index in [-0.39, 0.29) is 12.3 Å². The molecule has 2 N–H and O–H groups in total. The molecule has 0 saturated heterocycles. The maximum absolute atomic E-state index is 12.4. The summed E-state index contributed by atoms with van der Waals surface area (Å²) in [5.41, 5.74) is 6.49. The number of nitrogens with two attached hydrogens (primary N) is 1. The van der Waals surface area contributed by atoms with Crippen LogP contribution in [0.2, 0.25) is 0 Å². The average Bonchev–Trinajstić information content (AvgIpc) is 2.51. The van der Waals surface area contributed by atoms with Crippen molar-refractivity contribution >= 4 is 27.3 Å². The van der Waals surface area contributed by atoms with Crippen LogP contribution in [-0.2, 0) is 14.8 Å². The lowest BCUT2D eigenvalue weighted by Crippen LogP contribution is -2.36. The van der Waals surface area contributed by atoms with E-state index in [1.54, 1.807) is 24.3 Å². The van der Waals surface area contributed by atoms with E-state index >= 15 is 0 Å². The van der Waals surface area contributed by atoms with Gasteiger partial charge >= 0.3 is 0 Å². The molecule has 1 rings (SSSR count). The molecule has 0 atom stereocenters. The molecule has 0 spiro atoms. The minimum atomic E-state index is -3.64. The van der Waals surface area contributed by atoms with Gasteiger partial charge in [0.05, 0.1) is 11.9 Å². The van der Waals surface area contributed by atoms with E-state index < -0.39 is 10.0 Å². The molecule has 0 aliphatic rings. The third kappa shape index (κ3) is 7.34. The Morgan fingerprint density at radius 1 is 0.958 bits per heavy atom. The lowest BCUT2D eigenvalue weighted by molar-refractivity contribution is -0.117. The van der Waals surface area contributed by atoms with Gasteiger partial charge in [-0.1, -0.05) is 51.9 Å².